The number of rotatable bonds is 3. The zero-order valence-corrected chi connectivity index (χ0v) is 10.6. The van der Waals surface area contributed by atoms with E-state index in [0.717, 1.165) is 5.92 Å². The van der Waals surface area contributed by atoms with Gasteiger partial charge in [-0.25, -0.2) is 0 Å². The lowest BCUT2D eigenvalue weighted by atomic mass is 10.1. The van der Waals surface area contributed by atoms with Gasteiger partial charge >= 0.3 is 0 Å². The van der Waals surface area contributed by atoms with Crippen LogP contribution in [-0.2, 0) is 0 Å². The van der Waals surface area contributed by atoms with Crippen LogP contribution >= 0.6 is 0 Å². The van der Waals surface area contributed by atoms with Crippen LogP contribution in [0.4, 0.5) is 0 Å². The normalized spacial score (nSPS) is 30.9. The fraction of sp³-hybridized carbons (Fsp3) is 1.00. The molecule has 0 radical (unpaired) electrons. The highest BCUT2D eigenvalue weighted by Gasteiger charge is 2.38. The molecule has 14 heavy (non-hydrogen) atoms. The van der Waals surface area contributed by atoms with Gasteiger partial charge in [0.25, 0.3) is 0 Å². The predicted octanol–water partition coefficient (Wildman–Crippen LogP) is 2.40. The van der Waals surface area contributed by atoms with E-state index in [1.54, 1.807) is 0 Å². The first-order chi connectivity index (χ1) is 6.49. The van der Waals surface area contributed by atoms with E-state index >= 15 is 0 Å². The van der Waals surface area contributed by atoms with Crippen molar-refractivity contribution in [1.82, 2.24) is 9.80 Å². The molecule has 1 fully saturated rings. The molecular weight excluding hydrogens is 172 g/mol. The molecule has 1 saturated heterocycles. The molecule has 0 aromatic rings. The lowest BCUT2D eigenvalue weighted by molar-refractivity contribution is 0.0609. The maximum atomic E-state index is 2.66. The summed E-state index contributed by atoms with van der Waals surface area (Å²) in [7, 11) is 0. The van der Waals surface area contributed by atoms with Crippen molar-refractivity contribution in [2.45, 2.75) is 59.8 Å². The highest BCUT2D eigenvalue weighted by atomic mass is 15.4. The molecule has 1 aliphatic rings. The summed E-state index contributed by atoms with van der Waals surface area (Å²) in [6.45, 7) is 16.3. The van der Waals surface area contributed by atoms with Crippen molar-refractivity contribution in [3.8, 4) is 0 Å². The summed E-state index contributed by atoms with van der Waals surface area (Å²) in [4.78, 5) is 5.27. The van der Waals surface area contributed by atoms with Gasteiger partial charge in [0, 0.05) is 18.6 Å². The Balaban J connectivity index is 2.80. The Morgan fingerprint density at radius 1 is 1.21 bits per heavy atom. The first-order valence-electron chi connectivity index (χ1n) is 6.00. The van der Waals surface area contributed by atoms with Gasteiger partial charge in [-0.1, -0.05) is 20.8 Å². The molecule has 0 bridgehead atoms. The van der Waals surface area contributed by atoms with Crippen molar-refractivity contribution in [3.63, 3.8) is 0 Å². The van der Waals surface area contributed by atoms with Gasteiger partial charge in [-0.05, 0) is 33.2 Å². The molecule has 0 saturated carbocycles. The zero-order valence-electron chi connectivity index (χ0n) is 10.6. The first-order valence-corrected chi connectivity index (χ1v) is 6.00. The molecule has 0 N–H and O–H groups in total. The Bertz CT molecular complexity index is 177. The van der Waals surface area contributed by atoms with Crippen LogP contribution in [0.5, 0.6) is 0 Å². The highest BCUT2D eigenvalue weighted by molar-refractivity contribution is 4.90. The van der Waals surface area contributed by atoms with Crippen molar-refractivity contribution >= 4 is 0 Å². The van der Waals surface area contributed by atoms with E-state index in [1.165, 1.54) is 13.1 Å². The summed E-state index contributed by atoms with van der Waals surface area (Å²) >= 11 is 0. The minimum absolute atomic E-state index is 0.648. The number of hydrogen-bond acceptors (Lipinski definition) is 2. The van der Waals surface area contributed by atoms with E-state index in [4.69, 9.17) is 0 Å². The molecule has 0 aromatic heterocycles. The minimum atomic E-state index is 0.648. The van der Waals surface area contributed by atoms with Crippen LogP contribution in [0.1, 0.15) is 41.5 Å². The van der Waals surface area contributed by atoms with Crippen LogP contribution in [0, 0.1) is 5.92 Å². The van der Waals surface area contributed by atoms with Crippen molar-refractivity contribution in [3.05, 3.63) is 0 Å². The second-order valence-corrected chi connectivity index (χ2v) is 5.14. The Labute approximate surface area is 89.3 Å². The second-order valence-electron chi connectivity index (χ2n) is 5.14. The van der Waals surface area contributed by atoms with Crippen LogP contribution in [0.25, 0.3) is 0 Å². The van der Waals surface area contributed by atoms with E-state index in [9.17, 15) is 0 Å². The monoisotopic (exact) mass is 198 g/mol. The topological polar surface area (TPSA) is 6.48 Å². The van der Waals surface area contributed by atoms with Gasteiger partial charge in [0.2, 0.25) is 0 Å². The number of hydrogen-bond donors (Lipinski definition) is 0. The summed E-state index contributed by atoms with van der Waals surface area (Å²) in [5.41, 5.74) is 0. The van der Waals surface area contributed by atoms with Crippen LogP contribution in [0.3, 0.4) is 0 Å². The first kappa shape index (κ1) is 12.0. The average Bonchev–Trinajstić information content (AvgIpc) is 2.41. The smallest absolute Gasteiger partial charge is 0.0651 e. The molecular formula is C12H26N2. The zero-order chi connectivity index (χ0) is 10.9. The summed E-state index contributed by atoms with van der Waals surface area (Å²) in [5.74, 6) is 0.724. The highest BCUT2D eigenvalue weighted by Crippen LogP contribution is 2.27. The molecule has 2 heteroatoms. The summed E-state index contributed by atoms with van der Waals surface area (Å²) in [5, 5.41) is 0. The fourth-order valence-corrected chi connectivity index (χ4v) is 2.89. The van der Waals surface area contributed by atoms with Gasteiger partial charge in [0.15, 0.2) is 0 Å². The van der Waals surface area contributed by atoms with E-state index in [-0.39, 0.29) is 0 Å². The molecule has 2 atom stereocenters. The van der Waals surface area contributed by atoms with Crippen LogP contribution in [0.2, 0.25) is 0 Å². The number of likely N-dealkylation sites (N-methyl/N-ethyl adjacent to an activating group) is 1. The summed E-state index contributed by atoms with van der Waals surface area (Å²) < 4.78 is 0. The lowest BCUT2D eigenvalue weighted by Crippen LogP contribution is -2.47. The molecule has 1 aliphatic heterocycles. The predicted molar refractivity (Wildman–Crippen MR) is 62.3 cm³/mol. The lowest BCUT2D eigenvalue weighted by Gasteiger charge is -2.36. The third-order valence-corrected chi connectivity index (χ3v) is 3.29. The molecule has 0 aromatic carbocycles. The molecule has 1 heterocycles. The third-order valence-electron chi connectivity index (χ3n) is 3.29. The van der Waals surface area contributed by atoms with Crippen molar-refractivity contribution in [1.29, 1.82) is 0 Å². The molecule has 84 valence electrons. The Kier molecular flexibility index (Phi) is 3.96. The van der Waals surface area contributed by atoms with Gasteiger partial charge in [-0.3, -0.25) is 9.80 Å². The summed E-state index contributed by atoms with van der Waals surface area (Å²) in [6, 6.07) is 1.37. The van der Waals surface area contributed by atoms with Gasteiger partial charge in [0.05, 0.1) is 6.17 Å². The quantitative estimate of drug-likeness (QED) is 0.687. The van der Waals surface area contributed by atoms with E-state index in [0.29, 0.717) is 18.2 Å². The van der Waals surface area contributed by atoms with Gasteiger partial charge < -0.3 is 0 Å². The third kappa shape index (κ3) is 2.12. The van der Waals surface area contributed by atoms with Gasteiger partial charge in [0.1, 0.15) is 0 Å². The maximum absolute atomic E-state index is 2.66. The van der Waals surface area contributed by atoms with Gasteiger partial charge in [-0.15, -0.1) is 0 Å². The van der Waals surface area contributed by atoms with Crippen molar-refractivity contribution < 1.29 is 0 Å². The van der Waals surface area contributed by atoms with Crippen molar-refractivity contribution in [2.24, 2.45) is 5.92 Å². The largest absolute Gasteiger partial charge is 0.286 e. The van der Waals surface area contributed by atoms with E-state index in [2.05, 4.69) is 51.3 Å². The Morgan fingerprint density at radius 3 is 2.14 bits per heavy atom. The maximum Gasteiger partial charge on any atom is 0.0651 e. The Hall–Kier alpha value is -0.0800. The SMILES string of the molecule is CCN1C[C@H](C)N(C(C)C)C1C(C)C. The van der Waals surface area contributed by atoms with Crippen LogP contribution in [0.15, 0.2) is 0 Å². The molecule has 1 unspecified atom stereocenters. The average molecular weight is 198 g/mol. The minimum Gasteiger partial charge on any atom is -0.286 e. The molecule has 0 amide bonds. The molecule has 0 aliphatic carbocycles. The second kappa shape index (κ2) is 4.63. The van der Waals surface area contributed by atoms with Crippen LogP contribution in [-0.4, -0.2) is 41.1 Å². The molecule has 2 nitrogen and oxygen atoms in total. The van der Waals surface area contributed by atoms with Crippen LogP contribution < -0.4 is 0 Å². The fourth-order valence-electron chi connectivity index (χ4n) is 2.89. The standard InChI is InChI=1S/C12H26N2/c1-7-13-8-11(6)14(10(4)5)12(13)9(2)3/h9-12H,7-8H2,1-6H3/t11-,12?/m0/s1. The van der Waals surface area contributed by atoms with E-state index in [1.807, 2.05) is 0 Å². The van der Waals surface area contributed by atoms with Gasteiger partial charge in [-0.2, -0.15) is 0 Å². The molecule has 1 rings (SSSR count). The Morgan fingerprint density at radius 2 is 1.79 bits per heavy atom. The van der Waals surface area contributed by atoms with E-state index < -0.39 is 0 Å². The molecule has 0 spiro atoms. The van der Waals surface area contributed by atoms with Crippen molar-refractivity contribution in [2.75, 3.05) is 13.1 Å². The number of nitrogens with zero attached hydrogens (tertiary/aromatic N) is 2. The summed E-state index contributed by atoms with van der Waals surface area (Å²) in [6.07, 6.45) is 0.648.